The van der Waals surface area contributed by atoms with Gasteiger partial charge in [-0.1, -0.05) is 11.6 Å². The molecule has 12 heteroatoms. The van der Waals surface area contributed by atoms with Crippen molar-refractivity contribution in [3.05, 3.63) is 52.3 Å². The Bertz CT molecular complexity index is 1180. The molecule has 0 bridgehead atoms. The zero-order chi connectivity index (χ0) is 24.9. The number of nitrogens with zero attached hydrogens (tertiary/aromatic N) is 4. The molecule has 0 aliphatic carbocycles. The summed E-state index contributed by atoms with van der Waals surface area (Å²) in [5, 5.41) is 4.72. The van der Waals surface area contributed by atoms with E-state index in [9.17, 15) is 31.1 Å². The lowest BCUT2D eigenvalue weighted by Crippen LogP contribution is -2.42. The van der Waals surface area contributed by atoms with Crippen LogP contribution in [0.1, 0.15) is 37.5 Å². The Labute approximate surface area is 189 Å². The number of carbonyl (C=O) groups is 1. The number of amides is 1. The standard InChI is InChI=1S/C21H19ClF6N4O/c1-5-32-17-14(9-30-32)16(22)15(10-29-17)31(4)18(33)19(2,3)11-6-12(20(23,24)25)8-13(7-11)21(26,27)28/h6-10H,5H2,1-4H3. The molecule has 0 aliphatic heterocycles. The molecule has 5 nitrogen and oxygen atoms in total. The Morgan fingerprint density at radius 2 is 1.52 bits per heavy atom. The lowest BCUT2D eigenvalue weighted by molar-refractivity contribution is -0.143. The van der Waals surface area contributed by atoms with Gasteiger partial charge in [-0.15, -0.1) is 0 Å². The highest BCUT2D eigenvalue weighted by atomic mass is 35.5. The molecule has 3 aromatic rings. The Hall–Kier alpha value is -2.82. The van der Waals surface area contributed by atoms with E-state index in [0.29, 0.717) is 29.7 Å². The fourth-order valence-corrected chi connectivity index (χ4v) is 3.73. The molecule has 2 heterocycles. The van der Waals surface area contributed by atoms with Crippen molar-refractivity contribution in [2.75, 3.05) is 11.9 Å². The van der Waals surface area contributed by atoms with Gasteiger partial charge in [0.1, 0.15) is 0 Å². The maximum atomic E-state index is 13.3. The summed E-state index contributed by atoms with van der Waals surface area (Å²) in [7, 11) is 1.32. The second kappa shape index (κ2) is 8.19. The van der Waals surface area contributed by atoms with Gasteiger partial charge in [0, 0.05) is 13.6 Å². The van der Waals surface area contributed by atoms with E-state index in [-0.39, 0.29) is 16.8 Å². The van der Waals surface area contributed by atoms with E-state index >= 15 is 0 Å². The van der Waals surface area contributed by atoms with E-state index in [4.69, 9.17) is 11.6 Å². The molecule has 0 aliphatic rings. The average Bonchev–Trinajstić information content (AvgIpc) is 3.15. The zero-order valence-electron chi connectivity index (χ0n) is 17.9. The Balaban J connectivity index is 2.08. The highest BCUT2D eigenvalue weighted by Gasteiger charge is 2.41. The third kappa shape index (κ3) is 4.50. The molecule has 0 atom stereocenters. The number of hydrogen-bond donors (Lipinski definition) is 0. The van der Waals surface area contributed by atoms with Crippen molar-refractivity contribution in [2.45, 2.75) is 45.1 Å². The lowest BCUT2D eigenvalue weighted by Gasteiger charge is -2.31. The highest BCUT2D eigenvalue weighted by molar-refractivity contribution is 6.38. The Morgan fingerprint density at radius 3 is 2.00 bits per heavy atom. The Morgan fingerprint density at radius 1 is 1.00 bits per heavy atom. The summed E-state index contributed by atoms with van der Waals surface area (Å²) in [6.07, 6.45) is -7.29. The third-order valence-corrected chi connectivity index (χ3v) is 5.79. The minimum Gasteiger partial charge on any atom is -0.312 e. The van der Waals surface area contributed by atoms with Gasteiger partial charge in [0.15, 0.2) is 5.65 Å². The number of fused-ring (bicyclic) bond motifs is 1. The van der Waals surface area contributed by atoms with E-state index in [2.05, 4.69) is 10.1 Å². The summed E-state index contributed by atoms with van der Waals surface area (Å²) in [5.74, 6) is -0.777. The van der Waals surface area contributed by atoms with Crippen molar-refractivity contribution < 1.29 is 31.1 Å². The van der Waals surface area contributed by atoms with Crippen LogP contribution in [0.25, 0.3) is 11.0 Å². The smallest absolute Gasteiger partial charge is 0.312 e. The molecule has 0 unspecified atom stereocenters. The molecule has 0 N–H and O–H groups in total. The molecule has 178 valence electrons. The molecule has 0 radical (unpaired) electrons. The van der Waals surface area contributed by atoms with Crippen LogP contribution in [-0.4, -0.2) is 27.7 Å². The molecule has 0 saturated heterocycles. The summed E-state index contributed by atoms with van der Waals surface area (Å²) < 4.78 is 81.3. The van der Waals surface area contributed by atoms with Crippen LogP contribution in [0.5, 0.6) is 0 Å². The van der Waals surface area contributed by atoms with Gasteiger partial charge in [-0.25, -0.2) is 9.67 Å². The molecular formula is C21H19ClF6N4O. The number of pyridine rings is 1. The van der Waals surface area contributed by atoms with Gasteiger partial charge in [-0.3, -0.25) is 4.79 Å². The fourth-order valence-electron chi connectivity index (χ4n) is 3.42. The molecule has 2 aromatic heterocycles. The minimum atomic E-state index is -5.03. The van der Waals surface area contributed by atoms with Gasteiger partial charge in [0.05, 0.1) is 45.0 Å². The molecule has 0 spiro atoms. The van der Waals surface area contributed by atoms with E-state index in [0.717, 1.165) is 4.90 Å². The van der Waals surface area contributed by atoms with Crippen molar-refractivity contribution in [3.63, 3.8) is 0 Å². The van der Waals surface area contributed by atoms with Gasteiger partial charge >= 0.3 is 12.4 Å². The quantitative estimate of drug-likeness (QED) is 0.415. The molecule has 3 rings (SSSR count). The topological polar surface area (TPSA) is 51.0 Å². The minimum absolute atomic E-state index is 0.0217. The highest BCUT2D eigenvalue weighted by Crippen LogP contribution is 2.40. The van der Waals surface area contributed by atoms with E-state index in [1.807, 2.05) is 6.92 Å². The fraction of sp³-hybridized carbons (Fsp3) is 0.381. The SMILES string of the molecule is CCn1ncc2c(Cl)c(N(C)C(=O)C(C)(C)c3cc(C(F)(F)F)cc(C(F)(F)F)c3)cnc21. The first-order valence-corrected chi connectivity index (χ1v) is 10.0. The van der Waals surface area contributed by atoms with Gasteiger partial charge in [0.25, 0.3) is 0 Å². The summed E-state index contributed by atoms with van der Waals surface area (Å²) in [6.45, 7) is 4.86. The lowest BCUT2D eigenvalue weighted by atomic mass is 9.81. The van der Waals surface area contributed by atoms with Crippen molar-refractivity contribution >= 4 is 34.2 Å². The molecular weight excluding hydrogens is 474 g/mol. The molecule has 0 fully saturated rings. The van der Waals surface area contributed by atoms with E-state index in [1.54, 1.807) is 4.68 Å². The molecule has 1 aromatic carbocycles. The maximum absolute atomic E-state index is 13.3. The van der Waals surface area contributed by atoms with Crippen LogP contribution >= 0.6 is 11.6 Å². The summed E-state index contributed by atoms with van der Waals surface area (Å²) in [5.41, 5.74) is -4.58. The number of benzene rings is 1. The van der Waals surface area contributed by atoms with Crippen molar-refractivity contribution in [1.82, 2.24) is 14.8 Å². The number of aryl methyl sites for hydroxylation is 1. The van der Waals surface area contributed by atoms with Gasteiger partial charge in [0.2, 0.25) is 5.91 Å². The second-order valence-electron chi connectivity index (χ2n) is 7.94. The molecule has 1 amide bonds. The van der Waals surface area contributed by atoms with Gasteiger partial charge in [-0.05, 0) is 44.5 Å². The average molecular weight is 493 g/mol. The number of alkyl halides is 6. The first-order valence-electron chi connectivity index (χ1n) is 9.67. The number of likely N-dealkylation sites (N-methyl/N-ethyl adjacent to an activating group) is 1. The predicted octanol–water partition coefficient (Wildman–Crippen LogP) is 6.08. The van der Waals surface area contributed by atoms with E-state index in [1.165, 1.54) is 33.3 Å². The van der Waals surface area contributed by atoms with Crippen LogP contribution in [-0.2, 0) is 29.1 Å². The summed E-state index contributed by atoms with van der Waals surface area (Å²) in [4.78, 5) is 18.6. The third-order valence-electron chi connectivity index (χ3n) is 5.39. The second-order valence-corrected chi connectivity index (χ2v) is 8.32. The number of halogens is 7. The van der Waals surface area contributed by atoms with E-state index < -0.39 is 40.4 Å². The first-order chi connectivity index (χ1) is 15.1. The van der Waals surface area contributed by atoms with Gasteiger partial charge in [-0.2, -0.15) is 31.4 Å². The number of carbonyl (C=O) groups excluding carboxylic acids is 1. The zero-order valence-corrected chi connectivity index (χ0v) is 18.7. The van der Waals surface area contributed by atoms with Crippen molar-refractivity contribution in [1.29, 1.82) is 0 Å². The van der Waals surface area contributed by atoms with Crippen LogP contribution in [0.3, 0.4) is 0 Å². The van der Waals surface area contributed by atoms with Crippen molar-refractivity contribution in [2.24, 2.45) is 0 Å². The van der Waals surface area contributed by atoms with Crippen LogP contribution < -0.4 is 4.90 Å². The normalized spacial score (nSPS) is 12.9. The Kier molecular flexibility index (Phi) is 6.16. The molecule has 33 heavy (non-hydrogen) atoms. The van der Waals surface area contributed by atoms with Crippen LogP contribution in [0.2, 0.25) is 5.02 Å². The first kappa shape index (κ1) is 24.8. The molecule has 0 saturated carbocycles. The van der Waals surface area contributed by atoms with Gasteiger partial charge < -0.3 is 4.90 Å². The van der Waals surface area contributed by atoms with Crippen LogP contribution in [0.4, 0.5) is 32.0 Å². The number of anilines is 1. The monoisotopic (exact) mass is 492 g/mol. The largest absolute Gasteiger partial charge is 0.416 e. The maximum Gasteiger partial charge on any atom is 0.416 e. The van der Waals surface area contributed by atoms with Crippen molar-refractivity contribution in [3.8, 4) is 0 Å². The number of aromatic nitrogens is 3. The summed E-state index contributed by atoms with van der Waals surface area (Å²) in [6, 6.07) is 1.12. The predicted molar refractivity (Wildman–Crippen MR) is 111 cm³/mol. The van der Waals surface area contributed by atoms with Crippen LogP contribution in [0, 0.1) is 0 Å². The van der Waals surface area contributed by atoms with Crippen LogP contribution in [0.15, 0.2) is 30.6 Å². The number of rotatable bonds is 4. The number of hydrogen-bond acceptors (Lipinski definition) is 3. The summed E-state index contributed by atoms with van der Waals surface area (Å²) >= 11 is 6.43.